The highest BCUT2D eigenvalue weighted by Crippen LogP contribution is 2.37. The van der Waals surface area contributed by atoms with Gasteiger partial charge in [0.15, 0.2) is 16.6 Å². The van der Waals surface area contributed by atoms with Gasteiger partial charge in [0.05, 0.1) is 6.61 Å². The Morgan fingerprint density at radius 3 is 3.00 bits per heavy atom. The Morgan fingerprint density at radius 1 is 1.53 bits per heavy atom. The summed E-state index contributed by atoms with van der Waals surface area (Å²) >= 11 is 1.39. The van der Waals surface area contributed by atoms with E-state index >= 15 is 0 Å². The lowest BCUT2D eigenvalue weighted by Crippen LogP contribution is -2.16. The van der Waals surface area contributed by atoms with Crippen molar-refractivity contribution in [1.29, 1.82) is 0 Å². The summed E-state index contributed by atoms with van der Waals surface area (Å²) in [5.41, 5.74) is 5.77. The number of hydrogen-bond acceptors (Lipinski definition) is 5. The van der Waals surface area contributed by atoms with Crippen molar-refractivity contribution in [2.75, 3.05) is 24.2 Å². The van der Waals surface area contributed by atoms with Crippen LogP contribution in [0, 0.1) is 11.8 Å². The van der Waals surface area contributed by atoms with Crippen molar-refractivity contribution in [3.8, 4) is 5.75 Å². The molecule has 1 saturated carbocycles. The quantitative estimate of drug-likeness (QED) is 0.849. The Hall–Kier alpha value is -0.970. The summed E-state index contributed by atoms with van der Waals surface area (Å²) < 4.78 is 9.64. The number of anilines is 2. The van der Waals surface area contributed by atoms with E-state index in [1.807, 2.05) is 6.92 Å². The van der Waals surface area contributed by atoms with Crippen LogP contribution in [0.15, 0.2) is 0 Å². The molecule has 0 spiro atoms. The second-order valence-electron chi connectivity index (χ2n) is 4.71. The molecule has 5 heteroatoms. The average molecular weight is 255 g/mol. The number of nitrogens with zero attached hydrogens (tertiary/aromatic N) is 1. The van der Waals surface area contributed by atoms with Crippen molar-refractivity contribution < 1.29 is 4.74 Å². The van der Waals surface area contributed by atoms with Crippen LogP contribution in [0.4, 0.5) is 10.8 Å². The van der Waals surface area contributed by atoms with Gasteiger partial charge < -0.3 is 15.8 Å². The van der Waals surface area contributed by atoms with Gasteiger partial charge in [0.1, 0.15) is 0 Å². The molecule has 0 amide bonds. The summed E-state index contributed by atoms with van der Waals surface area (Å²) in [7, 11) is 0. The van der Waals surface area contributed by atoms with Crippen LogP contribution in [0.5, 0.6) is 5.75 Å². The van der Waals surface area contributed by atoms with E-state index in [0.29, 0.717) is 12.4 Å². The van der Waals surface area contributed by atoms with Gasteiger partial charge in [-0.05, 0) is 36.7 Å². The van der Waals surface area contributed by atoms with Gasteiger partial charge >= 0.3 is 0 Å². The highest BCUT2D eigenvalue weighted by molar-refractivity contribution is 7.11. The first-order valence-corrected chi connectivity index (χ1v) is 7.11. The third-order valence-corrected chi connectivity index (χ3v) is 4.33. The summed E-state index contributed by atoms with van der Waals surface area (Å²) in [5.74, 6) is 2.82. The predicted molar refractivity (Wildman–Crippen MR) is 72.7 cm³/mol. The van der Waals surface area contributed by atoms with Crippen molar-refractivity contribution in [2.24, 2.45) is 11.8 Å². The van der Waals surface area contributed by atoms with Crippen LogP contribution in [0.2, 0.25) is 0 Å². The number of nitrogen functional groups attached to an aromatic ring is 1. The Labute approximate surface area is 107 Å². The lowest BCUT2D eigenvalue weighted by Gasteiger charge is -2.16. The van der Waals surface area contributed by atoms with Crippen molar-refractivity contribution >= 4 is 22.4 Å². The fraction of sp³-hybridized carbons (Fsp3) is 0.750. The number of nitrogens with two attached hydrogens (primary N) is 1. The molecule has 0 saturated heterocycles. The monoisotopic (exact) mass is 255 g/mol. The molecule has 1 fully saturated rings. The Morgan fingerprint density at radius 2 is 2.35 bits per heavy atom. The van der Waals surface area contributed by atoms with Crippen molar-refractivity contribution in [1.82, 2.24) is 4.37 Å². The van der Waals surface area contributed by atoms with Crippen LogP contribution in [-0.4, -0.2) is 17.5 Å². The number of rotatable bonds is 5. The second-order valence-corrected chi connectivity index (χ2v) is 5.48. The summed E-state index contributed by atoms with van der Waals surface area (Å²) in [6.45, 7) is 5.92. The largest absolute Gasteiger partial charge is 0.487 e. The number of aromatic nitrogens is 1. The maximum atomic E-state index is 5.77. The molecule has 0 aromatic carbocycles. The van der Waals surface area contributed by atoms with E-state index < -0.39 is 0 Å². The van der Waals surface area contributed by atoms with Crippen LogP contribution in [0.25, 0.3) is 0 Å². The molecule has 4 nitrogen and oxygen atoms in total. The van der Waals surface area contributed by atoms with E-state index in [9.17, 15) is 0 Å². The minimum atomic E-state index is 0.499. The third-order valence-electron chi connectivity index (χ3n) is 3.53. The Bertz CT molecular complexity index is 367. The summed E-state index contributed by atoms with van der Waals surface area (Å²) in [6.07, 6.45) is 4.04. The van der Waals surface area contributed by atoms with E-state index in [2.05, 4.69) is 16.6 Å². The van der Waals surface area contributed by atoms with Crippen LogP contribution in [0.1, 0.15) is 33.1 Å². The first-order chi connectivity index (χ1) is 8.22. The fourth-order valence-electron chi connectivity index (χ4n) is 2.44. The lowest BCUT2D eigenvalue weighted by molar-refractivity contribution is 0.343. The van der Waals surface area contributed by atoms with E-state index in [4.69, 9.17) is 10.5 Å². The molecule has 0 bridgehead atoms. The van der Waals surface area contributed by atoms with Crippen LogP contribution in [-0.2, 0) is 0 Å². The van der Waals surface area contributed by atoms with E-state index in [0.717, 1.165) is 29.1 Å². The molecule has 3 N–H and O–H groups in total. The van der Waals surface area contributed by atoms with Gasteiger partial charge in [-0.1, -0.05) is 19.8 Å². The molecule has 1 aromatic rings. The average Bonchev–Trinajstić information content (AvgIpc) is 2.86. The smallest absolute Gasteiger partial charge is 0.197 e. The molecule has 1 aliphatic carbocycles. The summed E-state index contributed by atoms with van der Waals surface area (Å²) in [5, 5.41) is 4.42. The molecule has 17 heavy (non-hydrogen) atoms. The third kappa shape index (κ3) is 2.83. The topological polar surface area (TPSA) is 60.2 Å². The lowest BCUT2D eigenvalue weighted by atomic mass is 9.98. The molecule has 1 aliphatic rings. The highest BCUT2D eigenvalue weighted by atomic mass is 32.1. The standard InChI is InChI=1S/C12H21N3OS/c1-3-16-10-11(13)15-17-12(10)14-7-9-6-4-5-8(9)2/h8-9,14H,3-7H2,1-2H3,(H2,13,15). The Kier molecular flexibility index (Phi) is 4.10. The molecule has 0 aliphatic heterocycles. The predicted octanol–water partition coefficient (Wildman–Crippen LogP) is 2.97. The van der Waals surface area contributed by atoms with Gasteiger partial charge in [0.25, 0.3) is 0 Å². The van der Waals surface area contributed by atoms with Crippen LogP contribution >= 0.6 is 11.5 Å². The first kappa shape index (κ1) is 12.5. The van der Waals surface area contributed by atoms with Crippen LogP contribution in [0.3, 0.4) is 0 Å². The SMILES string of the molecule is CCOc1c(N)nsc1NCC1CCCC1C. The summed E-state index contributed by atoms with van der Waals surface area (Å²) in [4.78, 5) is 0. The molecule has 2 rings (SSSR count). The molecular weight excluding hydrogens is 234 g/mol. The normalized spacial score (nSPS) is 23.9. The maximum Gasteiger partial charge on any atom is 0.197 e. The molecule has 0 radical (unpaired) electrons. The zero-order chi connectivity index (χ0) is 12.3. The van der Waals surface area contributed by atoms with Gasteiger partial charge in [-0.15, -0.1) is 0 Å². The minimum Gasteiger partial charge on any atom is -0.487 e. The number of hydrogen-bond donors (Lipinski definition) is 2. The summed E-state index contributed by atoms with van der Waals surface area (Å²) in [6, 6.07) is 0. The molecule has 2 atom stereocenters. The molecule has 2 unspecified atom stereocenters. The zero-order valence-electron chi connectivity index (χ0n) is 10.5. The van der Waals surface area contributed by atoms with E-state index in [1.165, 1.54) is 30.8 Å². The minimum absolute atomic E-state index is 0.499. The van der Waals surface area contributed by atoms with Gasteiger partial charge in [0.2, 0.25) is 0 Å². The molecule has 96 valence electrons. The highest BCUT2D eigenvalue weighted by Gasteiger charge is 2.23. The van der Waals surface area contributed by atoms with Gasteiger partial charge in [-0.2, -0.15) is 4.37 Å². The zero-order valence-corrected chi connectivity index (χ0v) is 11.3. The van der Waals surface area contributed by atoms with Crippen molar-refractivity contribution in [3.05, 3.63) is 0 Å². The van der Waals surface area contributed by atoms with Crippen LogP contribution < -0.4 is 15.8 Å². The molecule has 1 aromatic heterocycles. The number of ether oxygens (including phenoxy) is 1. The maximum absolute atomic E-state index is 5.77. The Balaban J connectivity index is 1.94. The fourth-order valence-corrected chi connectivity index (χ4v) is 3.11. The van der Waals surface area contributed by atoms with E-state index in [1.54, 1.807) is 0 Å². The van der Waals surface area contributed by atoms with Gasteiger partial charge in [-0.3, -0.25) is 0 Å². The molecular formula is C12H21N3OS. The van der Waals surface area contributed by atoms with Crippen molar-refractivity contribution in [3.63, 3.8) is 0 Å². The van der Waals surface area contributed by atoms with Gasteiger partial charge in [0, 0.05) is 6.54 Å². The number of nitrogens with one attached hydrogen (secondary N) is 1. The van der Waals surface area contributed by atoms with Gasteiger partial charge in [-0.25, -0.2) is 0 Å². The second kappa shape index (κ2) is 5.58. The molecule has 1 heterocycles. The van der Waals surface area contributed by atoms with Crippen molar-refractivity contribution in [2.45, 2.75) is 33.1 Å². The first-order valence-electron chi connectivity index (χ1n) is 6.34. The van der Waals surface area contributed by atoms with E-state index in [-0.39, 0.29) is 0 Å².